The number of para-hydroxylation sites is 2. The number of benzene rings is 11. The number of nitrogens with zero attached hydrogens (tertiary/aromatic N) is 2. The van der Waals surface area contributed by atoms with Crippen molar-refractivity contribution in [1.29, 1.82) is 0 Å². The molecule has 0 saturated carbocycles. The SMILES string of the molecule is c1ccc(-c2cc(-c3cccc(N(c4ccc(-c5cccc6ccccc56)cc4)c4cccc(-c5cccc6ccccc56)c4)c3)cc(-n3c4ccccc4c4ccccc43)c2)cc1. The summed E-state index contributed by atoms with van der Waals surface area (Å²) in [4.78, 5) is 2.40. The fourth-order valence-electron chi connectivity index (χ4n) is 9.73. The first kappa shape index (κ1) is 37.3. The van der Waals surface area contributed by atoms with Crippen molar-refractivity contribution in [2.45, 2.75) is 0 Å². The van der Waals surface area contributed by atoms with Gasteiger partial charge in [-0.05, 0) is 133 Å². The van der Waals surface area contributed by atoms with Crippen molar-refractivity contribution in [1.82, 2.24) is 4.57 Å². The van der Waals surface area contributed by atoms with E-state index in [2.05, 4.69) is 264 Å². The molecule has 300 valence electrons. The molecule has 2 heteroatoms. The predicted molar refractivity (Wildman–Crippen MR) is 272 cm³/mol. The summed E-state index contributed by atoms with van der Waals surface area (Å²) in [5.74, 6) is 0. The van der Waals surface area contributed by atoms with Crippen molar-refractivity contribution in [3.05, 3.63) is 255 Å². The molecule has 0 radical (unpaired) electrons. The molecule has 0 aliphatic rings. The minimum absolute atomic E-state index is 1.08. The maximum absolute atomic E-state index is 2.42. The van der Waals surface area contributed by atoms with E-state index < -0.39 is 0 Å². The molecule has 0 fully saturated rings. The summed E-state index contributed by atoms with van der Waals surface area (Å²) >= 11 is 0. The molecule has 12 aromatic rings. The third kappa shape index (κ3) is 6.61. The Hall–Kier alpha value is -8.46. The Kier molecular flexibility index (Phi) is 9.20. The topological polar surface area (TPSA) is 8.17 Å². The molecule has 0 aliphatic heterocycles. The Morgan fingerprint density at radius 1 is 0.250 bits per heavy atom. The molecule has 0 atom stereocenters. The van der Waals surface area contributed by atoms with E-state index in [0.29, 0.717) is 0 Å². The van der Waals surface area contributed by atoms with Gasteiger partial charge in [-0.1, -0.05) is 188 Å². The lowest BCUT2D eigenvalue weighted by molar-refractivity contribution is 1.18. The molecule has 11 aromatic carbocycles. The maximum Gasteiger partial charge on any atom is 0.0541 e. The molecule has 0 unspecified atom stereocenters. The highest BCUT2D eigenvalue weighted by atomic mass is 15.1. The Morgan fingerprint density at radius 3 is 1.33 bits per heavy atom. The van der Waals surface area contributed by atoms with Gasteiger partial charge in [0.15, 0.2) is 0 Å². The van der Waals surface area contributed by atoms with Crippen molar-refractivity contribution in [2.75, 3.05) is 4.90 Å². The molecule has 0 spiro atoms. The molecule has 0 amide bonds. The fourth-order valence-corrected chi connectivity index (χ4v) is 9.73. The highest BCUT2D eigenvalue weighted by Crippen LogP contribution is 2.42. The average molecular weight is 815 g/mol. The van der Waals surface area contributed by atoms with E-state index in [4.69, 9.17) is 0 Å². The standard InChI is InChI=1S/C62H42N2/c1-2-16-43(17-3-1)49-38-50(42-54(41-49)64-61-32-10-8-28-59(61)60-29-9-11-33-62(60)64)47-22-12-24-52(39-47)63(51-36-34-46(35-37-51)57-30-14-20-44-18-4-6-26-55(44)57)53-25-13-23-48(40-53)58-31-15-21-45-19-5-7-27-56(45)58/h1-42H. The lowest BCUT2D eigenvalue weighted by Gasteiger charge is -2.27. The first-order valence-electron chi connectivity index (χ1n) is 22.0. The van der Waals surface area contributed by atoms with Gasteiger partial charge < -0.3 is 9.47 Å². The van der Waals surface area contributed by atoms with Crippen LogP contribution in [-0.2, 0) is 0 Å². The molecule has 0 aliphatic carbocycles. The number of hydrogen-bond acceptors (Lipinski definition) is 1. The summed E-state index contributed by atoms with van der Waals surface area (Å²) in [7, 11) is 0. The van der Waals surface area contributed by atoms with E-state index in [-0.39, 0.29) is 0 Å². The van der Waals surface area contributed by atoms with Crippen LogP contribution >= 0.6 is 0 Å². The van der Waals surface area contributed by atoms with Crippen LogP contribution in [0.25, 0.3) is 93.5 Å². The predicted octanol–water partition coefficient (Wildman–Crippen LogP) is 17.2. The van der Waals surface area contributed by atoms with Gasteiger partial charge in [-0.15, -0.1) is 0 Å². The molecular weight excluding hydrogens is 773 g/mol. The first-order chi connectivity index (χ1) is 31.7. The number of fused-ring (bicyclic) bond motifs is 5. The molecule has 1 aromatic heterocycles. The van der Waals surface area contributed by atoms with Crippen LogP contribution in [0.4, 0.5) is 17.1 Å². The van der Waals surface area contributed by atoms with Gasteiger partial charge in [-0.3, -0.25) is 0 Å². The zero-order valence-corrected chi connectivity index (χ0v) is 35.1. The minimum Gasteiger partial charge on any atom is -0.310 e. The summed E-state index contributed by atoms with van der Waals surface area (Å²) < 4.78 is 2.42. The molecular formula is C62H42N2. The quantitative estimate of drug-likeness (QED) is 0.148. The van der Waals surface area contributed by atoms with Crippen LogP contribution in [0.1, 0.15) is 0 Å². The first-order valence-corrected chi connectivity index (χ1v) is 22.0. The van der Waals surface area contributed by atoms with Gasteiger partial charge >= 0.3 is 0 Å². The lowest BCUT2D eigenvalue weighted by Crippen LogP contribution is -2.10. The smallest absolute Gasteiger partial charge is 0.0541 e. The van der Waals surface area contributed by atoms with Gasteiger partial charge in [0.1, 0.15) is 0 Å². The Labute approximate surface area is 373 Å². The molecule has 1 heterocycles. The van der Waals surface area contributed by atoms with Crippen LogP contribution in [0.5, 0.6) is 0 Å². The van der Waals surface area contributed by atoms with E-state index in [1.54, 1.807) is 0 Å². The number of hydrogen-bond donors (Lipinski definition) is 0. The molecule has 0 bridgehead atoms. The van der Waals surface area contributed by atoms with Crippen molar-refractivity contribution < 1.29 is 0 Å². The van der Waals surface area contributed by atoms with Gasteiger partial charge in [-0.25, -0.2) is 0 Å². The van der Waals surface area contributed by atoms with Gasteiger partial charge in [0.25, 0.3) is 0 Å². The fraction of sp³-hybridized carbons (Fsp3) is 0. The van der Waals surface area contributed by atoms with Gasteiger partial charge in [-0.2, -0.15) is 0 Å². The third-order valence-corrected chi connectivity index (χ3v) is 12.7. The van der Waals surface area contributed by atoms with E-state index in [0.717, 1.165) is 33.9 Å². The highest BCUT2D eigenvalue weighted by Gasteiger charge is 2.18. The van der Waals surface area contributed by atoms with E-state index in [1.165, 1.54) is 76.7 Å². The Balaban J connectivity index is 1.03. The number of aromatic nitrogens is 1. The van der Waals surface area contributed by atoms with Gasteiger partial charge in [0.2, 0.25) is 0 Å². The Bertz CT molecular complexity index is 3610. The third-order valence-electron chi connectivity index (χ3n) is 12.7. The second-order valence-corrected chi connectivity index (χ2v) is 16.5. The largest absolute Gasteiger partial charge is 0.310 e. The second kappa shape index (κ2) is 15.8. The average Bonchev–Trinajstić information content (AvgIpc) is 3.71. The molecule has 64 heavy (non-hydrogen) atoms. The van der Waals surface area contributed by atoms with Crippen LogP contribution < -0.4 is 4.90 Å². The summed E-state index contributed by atoms with van der Waals surface area (Å²) in [6.45, 7) is 0. The van der Waals surface area contributed by atoms with Crippen LogP contribution in [0.2, 0.25) is 0 Å². The van der Waals surface area contributed by atoms with Crippen LogP contribution in [0.15, 0.2) is 255 Å². The summed E-state index contributed by atoms with van der Waals surface area (Å²) in [6.07, 6.45) is 0. The zero-order valence-electron chi connectivity index (χ0n) is 35.1. The summed E-state index contributed by atoms with van der Waals surface area (Å²) in [5, 5.41) is 7.47. The summed E-state index contributed by atoms with van der Waals surface area (Å²) in [6, 6.07) is 92.8. The van der Waals surface area contributed by atoms with Crippen molar-refractivity contribution >= 4 is 60.4 Å². The molecule has 0 saturated heterocycles. The van der Waals surface area contributed by atoms with Crippen LogP contribution in [0, 0.1) is 0 Å². The van der Waals surface area contributed by atoms with Gasteiger partial charge in [0, 0.05) is 33.5 Å². The lowest BCUT2D eigenvalue weighted by atomic mass is 9.96. The molecule has 2 nitrogen and oxygen atoms in total. The number of anilines is 3. The molecule has 12 rings (SSSR count). The molecule has 0 N–H and O–H groups in total. The van der Waals surface area contributed by atoms with E-state index in [9.17, 15) is 0 Å². The summed E-state index contributed by atoms with van der Waals surface area (Å²) in [5.41, 5.74) is 16.2. The van der Waals surface area contributed by atoms with Crippen molar-refractivity contribution in [2.24, 2.45) is 0 Å². The van der Waals surface area contributed by atoms with Crippen LogP contribution in [-0.4, -0.2) is 4.57 Å². The second-order valence-electron chi connectivity index (χ2n) is 16.5. The Morgan fingerprint density at radius 2 is 0.703 bits per heavy atom. The van der Waals surface area contributed by atoms with Crippen molar-refractivity contribution in [3.8, 4) is 50.2 Å². The maximum atomic E-state index is 2.42. The number of rotatable bonds is 8. The van der Waals surface area contributed by atoms with Crippen molar-refractivity contribution in [3.63, 3.8) is 0 Å². The normalized spacial score (nSPS) is 11.4. The van der Waals surface area contributed by atoms with E-state index >= 15 is 0 Å². The highest BCUT2D eigenvalue weighted by molar-refractivity contribution is 6.09. The monoisotopic (exact) mass is 814 g/mol. The van der Waals surface area contributed by atoms with Crippen LogP contribution in [0.3, 0.4) is 0 Å². The minimum atomic E-state index is 1.08. The van der Waals surface area contributed by atoms with Gasteiger partial charge in [0.05, 0.1) is 11.0 Å². The zero-order chi connectivity index (χ0) is 42.4. The van der Waals surface area contributed by atoms with E-state index in [1.807, 2.05) is 0 Å².